The third-order valence-corrected chi connectivity index (χ3v) is 3.81. The fourth-order valence-corrected chi connectivity index (χ4v) is 2.44. The topological polar surface area (TPSA) is 90.4 Å². The Kier molecular flexibility index (Phi) is 7.77. The van der Waals surface area contributed by atoms with Crippen LogP contribution in [0.1, 0.15) is 1.43 Å². The SMILES string of the molecule is COCCOc1cnc(NS(=O)(=O)c2ccccc2)nc1.[H-].[Na+]. The van der Waals surface area contributed by atoms with Gasteiger partial charge < -0.3 is 10.9 Å². The first-order chi connectivity index (χ1) is 10.1. The van der Waals surface area contributed by atoms with Crippen molar-refractivity contribution >= 4 is 16.0 Å². The van der Waals surface area contributed by atoms with Crippen LogP contribution in [0, 0.1) is 0 Å². The Morgan fingerprint density at radius 2 is 1.77 bits per heavy atom. The fraction of sp³-hybridized carbons (Fsp3) is 0.231. The molecule has 0 amide bonds. The minimum Gasteiger partial charge on any atom is -1.00 e. The van der Waals surface area contributed by atoms with E-state index in [1.807, 2.05) is 0 Å². The van der Waals surface area contributed by atoms with Crippen molar-refractivity contribution in [2.45, 2.75) is 4.90 Å². The van der Waals surface area contributed by atoms with Crippen molar-refractivity contribution in [2.24, 2.45) is 0 Å². The predicted molar refractivity (Wildman–Crippen MR) is 77.8 cm³/mol. The van der Waals surface area contributed by atoms with Gasteiger partial charge in [0, 0.05) is 7.11 Å². The summed E-state index contributed by atoms with van der Waals surface area (Å²) in [4.78, 5) is 7.95. The first-order valence-electron chi connectivity index (χ1n) is 6.13. The zero-order valence-corrected chi connectivity index (χ0v) is 15.2. The van der Waals surface area contributed by atoms with Crippen LogP contribution in [0.15, 0.2) is 47.6 Å². The van der Waals surface area contributed by atoms with E-state index in [1.54, 1.807) is 25.3 Å². The molecule has 9 heteroatoms. The summed E-state index contributed by atoms with van der Waals surface area (Å²) in [6.07, 6.45) is 2.79. The zero-order chi connectivity index (χ0) is 15.1. The van der Waals surface area contributed by atoms with Crippen molar-refractivity contribution in [1.29, 1.82) is 0 Å². The Balaban J connectivity index is 0.00000242. The number of aromatic nitrogens is 2. The van der Waals surface area contributed by atoms with Crippen LogP contribution in [0.2, 0.25) is 0 Å². The monoisotopic (exact) mass is 333 g/mol. The van der Waals surface area contributed by atoms with Crippen LogP contribution in [0.25, 0.3) is 0 Å². The van der Waals surface area contributed by atoms with Crippen molar-refractivity contribution in [3.8, 4) is 5.75 Å². The summed E-state index contributed by atoms with van der Waals surface area (Å²) in [5.74, 6) is 0.424. The number of sulfonamides is 1. The fourth-order valence-electron chi connectivity index (χ4n) is 1.47. The maximum Gasteiger partial charge on any atom is 1.00 e. The quantitative estimate of drug-likeness (QED) is 0.486. The van der Waals surface area contributed by atoms with Crippen LogP contribution in [0.3, 0.4) is 0 Å². The van der Waals surface area contributed by atoms with Crippen molar-refractivity contribution in [2.75, 3.05) is 25.0 Å². The van der Waals surface area contributed by atoms with Crippen LogP contribution in [0.5, 0.6) is 5.75 Å². The standard InChI is InChI=1S/C13H15N3O4S.Na.H/c1-19-7-8-20-11-9-14-13(15-10-11)16-21(17,18)12-5-3-2-4-6-12;;/h2-6,9-10H,7-8H2,1H3,(H,14,15,16);;/q;+1;-1. The van der Waals surface area contributed by atoms with Gasteiger partial charge in [-0.3, -0.25) is 0 Å². The maximum atomic E-state index is 12.1. The molecule has 2 aromatic rings. The number of nitrogens with zero attached hydrogens (tertiary/aromatic N) is 2. The van der Waals surface area contributed by atoms with Crippen molar-refractivity contribution in [1.82, 2.24) is 9.97 Å². The number of ether oxygens (including phenoxy) is 2. The van der Waals surface area contributed by atoms with Crippen molar-refractivity contribution in [3.05, 3.63) is 42.7 Å². The summed E-state index contributed by atoms with van der Waals surface area (Å²) in [5, 5.41) is 0. The second-order valence-corrected chi connectivity index (χ2v) is 5.68. The summed E-state index contributed by atoms with van der Waals surface area (Å²) in [7, 11) is -2.11. The second-order valence-electron chi connectivity index (χ2n) is 4.00. The van der Waals surface area contributed by atoms with E-state index in [1.165, 1.54) is 24.5 Å². The molecule has 7 nitrogen and oxygen atoms in total. The maximum absolute atomic E-state index is 12.1. The van der Waals surface area contributed by atoms with E-state index in [4.69, 9.17) is 9.47 Å². The summed E-state index contributed by atoms with van der Waals surface area (Å²) in [5.41, 5.74) is 0. The van der Waals surface area contributed by atoms with Gasteiger partial charge in [-0.2, -0.15) is 0 Å². The van der Waals surface area contributed by atoms with Crippen LogP contribution in [-0.2, 0) is 14.8 Å². The number of anilines is 1. The molecule has 0 bridgehead atoms. The van der Waals surface area contributed by atoms with Gasteiger partial charge in [0.25, 0.3) is 10.0 Å². The van der Waals surface area contributed by atoms with E-state index in [9.17, 15) is 8.42 Å². The second kappa shape index (κ2) is 9.06. The number of rotatable bonds is 7. The van der Waals surface area contributed by atoms with Gasteiger partial charge in [0.05, 0.1) is 23.9 Å². The van der Waals surface area contributed by atoms with Gasteiger partial charge in [0.15, 0.2) is 5.75 Å². The Bertz CT molecular complexity index is 671. The van der Waals surface area contributed by atoms with E-state index in [-0.39, 0.29) is 41.8 Å². The van der Waals surface area contributed by atoms with Crippen molar-refractivity contribution < 1.29 is 48.9 Å². The van der Waals surface area contributed by atoms with E-state index < -0.39 is 10.0 Å². The van der Waals surface area contributed by atoms with Crippen LogP contribution >= 0.6 is 0 Å². The summed E-state index contributed by atoms with van der Waals surface area (Å²) in [6.45, 7) is 0.817. The van der Waals surface area contributed by atoms with Gasteiger partial charge in [-0.1, -0.05) is 18.2 Å². The van der Waals surface area contributed by atoms with Gasteiger partial charge in [0.2, 0.25) is 5.95 Å². The molecule has 0 spiro atoms. The summed E-state index contributed by atoms with van der Waals surface area (Å²) in [6, 6.07) is 8.00. The number of methoxy groups -OCH3 is 1. The molecule has 2 rings (SSSR count). The van der Waals surface area contributed by atoms with Crippen LogP contribution < -0.4 is 39.0 Å². The number of hydrogen-bond acceptors (Lipinski definition) is 6. The Hall–Kier alpha value is -1.19. The average Bonchev–Trinajstić information content (AvgIpc) is 2.50. The first-order valence-corrected chi connectivity index (χ1v) is 7.62. The molecule has 1 N–H and O–H groups in total. The molecule has 1 heterocycles. The summed E-state index contributed by atoms with van der Waals surface area (Å²) < 4.78 is 36.5. The molecular weight excluding hydrogens is 317 g/mol. The van der Waals surface area contributed by atoms with Gasteiger partial charge >= 0.3 is 29.6 Å². The minimum absolute atomic E-state index is 0. The molecule has 1 aromatic carbocycles. The molecule has 0 aliphatic carbocycles. The number of nitrogens with one attached hydrogen (secondary N) is 1. The first kappa shape index (κ1) is 18.9. The Labute approximate surface area is 152 Å². The van der Waals surface area contributed by atoms with E-state index in [2.05, 4.69) is 14.7 Å². The average molecular weight is 333 g/mol. The molecule has 22 heavy (non-hydrogen) atoms. The zero-order valence-electron chi connectivity index (χ0n) is 13.4. The number of benzene rings is 1. The Morgan fingerprint density at radius 3 is 2.36 bits per heavy atom. The van der Waals surface area contributed by atoms with E-state index >= 15 is 0 Å². The van der Waals surface area contributed by atoms with E-state index in [0.29, 0.717) is 19.0 Å². The molecular formula is C13H16N3NaO4S. The Morgan fingerprint density at radius 1 is 1.14 bits per heavy atom. The summed E-state index contributed by atoms with van der Waals surface area (Å²) >= 11 is 0. The molecule has 0 fully saturated rings. The molecule has 0 aliphatic heterocycles. The molecule has 1 aromatic heterocycles. The third kappa shape index (κ3) is 5.54. The van der Waals surface area contributed by atoms with Crippen molar-refractivity contribution in [3.63, 3.8) is 0 Å². The molecule has 0 unspecified atom stereocenters. The van der Waals surface area contributed by atoms with Crippen LogP contribution in [0.4, 0.5) is 5.95 Å². The van der Waals surface area contributed by atoms with Gasteiger partial charge in [-0.05, 0) is 12.1 Å². The molecule has 0 saturated heterocycles. The van der Waals surface area contributed by atoms with Crippen LogP contribution in [-0.4, -0.2) is 38.7 Å². The van der Waals surface area contributed by atoms with Gasteiger partial charge in [-0.25, -0.2) is 23.1 Å². The van der Waals surface area contributed by atoms with Gasteiger partial charge in [0.1, 0.15) is 6.61 Å². The third-order valence-electron chi connectivity index (χ3n) is 2.46. The molecule has 114 valence electrons. The predicted octanol–water partition coefficient (Wildman–Crippen LogP) is -1.58. The largest absolute Gasteiger partial charge is 1.00 e. The normalized spacial score (nSPS) is 10.6. The molecule has 0 aliphatic rings. The number of hydrogen-bond donors (Lipinski definition) is 1. The molecule has 0 saturated carbocycles. The smallest absolute Gasteiger partial charge is 1.00 e. The van der Waals surface area contributed by atoms with E-state index in [0.717, 1.165) is 0 Å². The minimum atomic E-state index is -3.68. The molecule has 0 atom stereocenters. The van der Waals surface area contributed by atoms with Gasteiger partial charge in [-0.15, -0.1) is 0 Å². The molecule has 0 radical (unpaired) electrons.